The normalized spacial score (nSPS) is 9.53. The van der Waals surface area contributed by atoms with Crippen LogP contribution in [-0.2, 0) is 6.54 Å². The Balaban J connectivity index is 1.92. The van der Waals surface area contributed by atoms with Crippen molar-refractivity contribution in [2.24, 2.45) is 0 Å². The monoisotopic (exact) mass is 273 g/mol. The molecule has 0 aliphatic heterocycles. The summed E-state index contributed by atoms with van der Waals surface area (Å²) in [6.07, 6.45) is 4.31. The zero-order valence-electron chi connectivity index (χ0n) is 9.96. The zero-order chi connectivity index (χ0) is 13.5. The van der Waals surface area contributed by atoms with Crippen LogP contribution in [0.5, 0.6) is 0 Å². The van der Waals surface area contributed by atoms with Gasteiger partial charge >= 0.3 is 0 Å². The Bertz CT molecular complexity index is 614. The van der Waals surface area contributed by atoms with Gasteiger partial charge in [-0.05, 0) is 12.1 Å². The number of thiophene rings is 1. The van der Waals surface area contributed by atoms with Crippen molar-refractivity contribution in [2.75, 3.05) is 6.61 Å². The standard InChI is InChI=1S/C13H11N3O2S/c17-5-1-2-11-3-4-12(19-11)8-16-13(18)10-6-14-9-15-7-10/h3-4,6-7,9,17H,5,8H2,(H,16,18). The minimum atomic E-state index is -0.211. The van der Waals surface area contributed by atoms with Crippen molar-refractivity contribution in [1.82, 2.24) is 15.3 Å². The molecule has 1 amide bonds. The lowest BCUT2D eigenvalue weighted by Crippen LogP contribution is -2.22. The summed E-state index contributed by atoms with van der Waals surface area (Å²) in [6, 6.07) is 3.76. The van der Waals surface area contributed by atoms with E-state index in [1.54, 1.807) is 0 Å². The van der Waals surface area contributed by atoms with Crippen LogP contribution < -0.4 is 5.32 Å². The second-order valence-electron chi connectivity index (χ2n) is 3.54. The highest BCUT2D eigenvalue weighted by atomic mass is 32.1. The van der Waals surface area contributed by atoms with Crippen molar-refractivity contribution < 1.29 is 9.90 Å². The lowest BCUT2D eigenvalue weighted by molar-refractivity contribution is 0.0950. The number of rotatable bonds is 3. The number of aliphatic hydroxyl groups excluding tert-OH is 1. The number of amides is 1. The molecule has 2 aromatic heterocycles. The summed E-state index contributed by atoms with van der Waals surface area (Å²) in [7, 11) is 0. The van der Waals surface area contributed by atoms with Crippen LogP contribution in [0.15, 0.2) is 30.9 Å². The van der Waals surface area contributed by atoms with E-state index in [-0.39, 0.29) is 12.5 Å². The molecule has 0 radical (unpaired) electrons. The van der Waals surface area contributed by atoms with Crippen LogP contribution >= 0.6 is 11.3 Å². The molecular formula is C13H11N3O2S. The van der Waals surface area contributed by atoms with Gasteiger partial charge in [0.05, 0.1) is 17.0 Å². The van der Waals surface area contributed by atoms with E-state index in [0.29, 0.717) is 12.1 Å². The van der Waals surface area contributed by atoms with Crippen molar-refractivity contribution in [2.45, 2.75) is 6.54 Å². The summed E-state index contributed by atoms with van der Waals surface area (Å²) in [5.41, 5.74) is 0.430. The zero-order valence-corrected chi connectivity index (χ0v) is 10.8. The molecule has 0 aromatic carbocycles. The minimum Gasteiger partial charge on any atom is -0.384 e. The molecule has 0 aliphatic carbocycles. The first kappa shape index (κ1) is 13.2. The first-order valence-corrected chi connectivity index (χ1v) is 6.33. The highest BCUT2D eigenvalue weighted by Crippen LogP contribution is 2.15. The van der Waals surface area contributed by atoms with Crippen LogP contribution in [-0.4, -0.2) is 27.6 Å². The van der Waals surface area contributed by atoms with Gasteiger partial charge in [0.25, 0.3) is 5.91 Å². The number of hydrogen-bond acceptors (Lipinski definition) is 5. The summed E-state index contributed by atoms with van der Waals surface area (Å²) >= 11 is 1.48. The molecule has 5 nitrogen and oxygen atoms in total. The molecule has 0 saturated carbocycles. The number of carbonyl (C=O) groups excluding carboxylic acids is 1. The smallest absolute Gasteiger partial charge is 0.254 e. The maximum Gasteiger partial charge on any atom is 0.254 e. The van der Waals surface area contributed by atoms with E-state index in [0.717, 1.165) is 9.75 Å². The van der Waals surface area contributed by atoms with Crippen LogP contribution in [0.1, 0.15) is 20.1 Å². The average Bonchev–Trinajstić information content (AvgIpc) is 2.91. The number of aliphatic hydroxyl groups is 1. The molecule has 0 atom stereocenters. The van der Waals surface area contributed by atoms with Gasteiger partial charge in [-0.3, -0.25) is 4.79 Å². The van der Waals surface area contributed by atoms with E-state index >= 15 is 0 Å². The van der Waals surface area contributed by atoms with E-state index in [9.17, 15) is 4.79 Å². The molecule has 2 heterocycles. The molecule has 0 saturated heterocycles. The number of nitrogens with zero attached hydrogens (tertiary/aromatic N) is 2. The second kappa shape index (κ2) is 6.64. The molecule has 0 fully saturated rings. The molecule has 2 N–H and O–H groups in total. The predicted octanol–water partition coefficient (Wildman–Crippen LogP) is 0.812. The van der Waals surface area contributed by atoms with E-state index in [2.05, 4.69) is 27.1 Å². The lowest BCUT2D eigenvalue weighted by Gasteiger charge is -2.02. The fourth-order valence-electron chi connectivity index (χ4n) is 1.35. The van der Waals surface area contributed by atoms with Gasteiger partial charge in [0.2, 0.25) is 0 Å². The van der Waals surface area contributed by atoms with Crippen LogP contribution in [0, 0.1) is 11.8 Å². The topological polar surface area (TPSA) is 75.1 Å². The van der Waals surface area contributed by atoms with Crippen molar-refractivity contribution in [3.05, 3.63) is 46.2 Å². The molecule has 2 rings (SSSR count). The maximum absolute atomic E-state index is 11.7. The van der Waals surface area contributed by atoms with Gasteiger partial charge in [-0.2, -0.15) is 0 Å². The minimum absolute atomic E-state index is 0.155. The highest BCUT2D eigenvalue weighted by Gasteiger charge is 2.06. The SMILES string of the molecule is O=C(NCc1ccc(C#CCO)s1)c1cncnc1. The van der Waals surface area contributed by atoms with E-state index in [1.165, 1.54) is 30.1 Å². The molecule has 6 heteroatoms. The predicted molar refractivity (Wildman–Crippen MR) is 71.5 cm³/mol. The lowest BCUT2D eigenvalue weighted by atomic mass is 10.3. The number of carbonyl (C=O) groups is 1. The fraction of sp³-hybridized carbons (Fsp3) is 0.154. The molecule has 19 heavy (non-hydrogen) atoms. The van der Waals surface area contributed by atoms with Crippen LogP contribution in [0.2, 0.25) is 0 Å². The number of hydrogen-bond donors (Lipinski definition) is 2. The maximum atomic E-state index is 11.7. The van der Waals surface area contributed by atoms with E-state index in [4.69, 9.17) is 5.11 Å². The van der Waals surface area contributed by atoms with Crippen molar-refractivity contribution >= 4 is 17.2 Å². The number of nitrogens with one attached hydrogen (secondary N) is 1. The Morgan fingerprint density at radius 1 is 1.37 bits per heavy atom. The van der Waals surface area contributed by atoms with Gasteiger partial charge in [-0.15, -0.1) is 11.3 Å². The quantitative estimate of drug-likeness (QED) is 0.812. The molecular weight excluding hydrogens is 262 g/mol. The fourth-order valence-corrected chi connectivity index (χ4v) is 2.17. The molecule has 2 aromatic rings. The summed E-state index contributed by atoms with van der Waals surface area (Å²) in [6.45, 7) is 0.275. The van der Waals surface area contributed by atoms with E-state index < -0.39 is 0 Å². The summed E-state index contributed by atoms with van der Waals surface area (Å²) in [4.78, 5) is 21.2. The third-order valence-electron chi connectivity index (χ3n) is 2.20. The van der Waals surface area contributed by atoms with E-state index in [1.807, 2.05) is 12.1 Å². The summed E-state index contributed by atoms with van der Waals surface area (Å²) in [5.74, 6) is 5.19. The van der Waals surface area contributed by atoms with Crippen molar-refractivity contribution in [3.8, 4) is 11.8 Å². The average molecular weight is 273 g/mol. The first-order valence-electron chi connectivity index (χ1n) is 5.51. The van der Waals surface area contributed by atoms with Gasteiger partial charge < -0.3 is 10.4 Å². The Hall–Kier alpha value is -2.23. The van der Waals surface area contributed by atoms with Gasteiger partial charge in [0, 0.05) is 17.3 Å². The molecule has 0 aliphatic rings. The number of aromatic nitrogens is 2. The van der Waals surface area contributed by atoms with Crippen LogP contribution in [0.4, 0.5) is 0 Å². The second-order valence-corrected chi connectivity index (χ2v) is 4.70. The van der Waals surface area contributed by atoms with Crippen molar-refractivity contribution in [3.63, 3.8) is 0 Å². The van der Waals surface area contributed by atoms with Crippen molar-refractivity contribution in [1.29, 1.82) is 0 Å². The molecule has 96 valence electrons. The largest absolute Gasteiger partial charge is 0.384 e. The van der Waals surface area contributed by atoms with Gasteiger partial charge in [0.15, 0.2) is 0 Å². The molecule has 0 spiro atoms. The van der Waals surface area contributed by atoms with Gasteiger partial charge in [-0.25, -0.2) is 9.97 Å². The summed E-state index contributed by atoms with van der Waals surface area (Å²) in [5, 5.41) is 11.4. The van der Waals surface area contributed by atoms with Crippen LogP contribution in [0.25, 0.3) is 0 Å². The Labute approximate surface area is 114 Å². The molecule has 0 unspecified atom stereocenters. The van der Waals surface area contributed by atoms with Crippen LogP contribution in [0.3, 0.4) is 0 Å². The first-order chi connectivity index (χ1) is 9.29. The molecule has 0 bridgehead atoms. The third kappa shape index (κ3) is 3.88. The van der Waals surface area contributed by atoms with Gasteiger partial charge in [0.1, 0.15) is 12.9 Å². The Morgan fingerprint density at radius 2 is 2.16 bits per heavy atom. The van der Waals surface area contributed by atoms with Gasteiger partial charge in [-0.1, -0.05) is 11.8 Å². The summed E-state index contributed by atoms with van der Waals surface area (Å²) < 4.78 is 0. The Kier molecular flexibility index (Phi) is 4.61. The highest BCUT2D eigenvalue weighted by molar-refractivity contribution is 7.12. The Morgan fingerprint density at radius 3 is 2.89 bits per heavy atom. The third-order valence-corrected chi connectivity index (χ3v) is 3.20.